The quantitative estimate of drug-likeness (QED) is 0.266. The number of carbonyl (C=O) groups excluding carboxylic acids is 1. The van der Waals surface area contributed by atoms with Gasteiger partial charge in [0.1, 0.15) is 29.0 Å². The van der Waals surface area contributed by atoms with Crippen LogP contribution in [0.1, 0.15) is 26.5 Å². The summed E-state index contributed by atoms with van der Waals surface area (Å²) in [7, 11) is 0. The Morgan fingerprint density at radius 2 is 1.65 bits per heavy atom. The predicted octanol–water partition coefficient (Wildman–Crippen LogP) is 5.19. The summed E-state index contributed by atoms with van der Waals surface area (Å²) < 4.78 is 1.72. The molecule has 0 saturated carbocycles. The van der Waals surface area contributed by atoms with E-state index in [9.17, 15) is 9.59 Å². The van der Waals surface area contributed by atoms with Crippen LogP contribution >= 0.6 is 0 Å². The number of nitrogens with one attached hydrogen (secondary N) is 4. The first-order chi connectivity index (χ1) is 17.8. The Hall–Kier alpha value is -4.99. The maximum absolute atomic E-state index is 12.9. The first-order valence-electron chi connectivity index (χ1n) is 11.7. The van der Waals surface area contributed by atoms with Gasteiger partial charge in [0.25, 0.3) is 0 Å². The highest BCUT2D eigenvalue weighted by atomic mass is 16.2. The van der Waals surface area contributed by atoms with Gasteiger partial charge in [-0.05, 0) is 36.4 Å². The molecule has 0 bridgehead atoms. The molecule has 0 radical (unpaired) electrons. The Labute approximate surface area is 212 Å². The van der Waals surface area contributed by atoms with Crippen LogP contribution in [0.2, 0.25) is 0 Å². The second-order valence-electron chi connectivity index (χ2n) is 9.48. The molecule has 0 fully saturated rings. The standard InChI is InChI=1S/C27H26N8O2/c1-27(2,3)21-15-22(35(34-21)19-7-5-4-6-8-19)33-26(37)32-18-11-9-17(10-12-18)31-25-23-20(36)13-14-28-24(23)29-16-30-25/h4-16H,1-3H3,(H2,32,33,37)(H2,28,29,30,31,36). The molecule has 5 rings (SSSR count). The van der Waals surface area contributed by atoms with Crippen LogP contribution in [0.15, 0.2) is 84.0 Å². The highest BCUT2D eigenvalue weighted by Crippen LogP contribution is 2.27. The van der Waals surface area contributed by atoms with Gasteiger partial charge in [0.2, 0.25) is 0 Å². The van der Waals surface area contributed by atoms with Gasteiger partial charge in [0.05, 0.1) is 11.4 Å². The zero-order chi connectivity index (χ0) is 26.0. The second-order valence-corrected chi connectivity index (χ2v) is 9.48. The van der Waals surface area contributed by atoms with Gasteiger partial charge in [-0.2, -0.15) is 5.10 Å². The van der Waals surface area contributed by atoms with E-state index in [4.69, 9.17) is 5.10 Å². The summed E-state index contributed by atoms with van der Waals surface area (Å²) in [6.07, 6.45) is 2.93. The van der Waals surface area contributed by atoms with Gasteiger partial charge in [0, 0.05) is 35.1 Å². The lowest BCUT2D eigenvalue weighted by Crippen LogP contribution is -2.21. The summed E-state index contributed by atoms with van der Waals surface area (Å²) in [5.74, 6) is 0.960. The molecular weight excluding hydrogens is 468 g/mol. The molecule has 37 heavy (non-hydrogen) atoms. The third-order valence-corrected chi connectivity index (χ3v) is 5.67. The van der Waals surface area contributed by atoms with E-state index < -0.39 is 6.03 Å². The van der Waals surface area contributed by atoms with Crippen molar-refractivity contribution in [3.8, 4) is 5.69 Å². The van der Waals surface area contributed by atoms with Gasteiger partial charge in [-0.25, -0.2) is 19.4 Å². The number of amides is 2. The molecule has 5 aromatic rings. The highest BCUT2D eigenvalue weighted by molar-refractivity contribution is 5.99. The second kappa shape index (κ2) is 9.57. The molecule has 0 spiro atoms. The number of benzene rings is 2. The van der Waals surface area contributed by atoms with Crippen molar-refractivity contribution in [3.05, 3.63) is 95.2 Å². The number of pyridine rings is 1. The van der Waals surface area contributed by atoms with Crippen molar-refractivity contribution in [1.82, 2.24) is 24.7 Å². The van der Waals surface area contributed by atoms with Crippen LogP contribution in [0, 0.1) is 0 Å². The van der Waals surface area contributed by atoms with E-state index in [1.54, 1.807) is 35.1 Å². The number of hydrogen-bond donors (Lipinski definition) is 4. The molecule has 0 aliphatic rings. The van der Waals surface area contributed by atoms with E-state index in [1.807, 2.05) is 36.4 Å². The molecule has 0 saturated heterocycles. The number of H-pyrrole nitrogens is 1. The highest BCUT2D eigenvalue weighted by Gasteiger charge is 2.21. The van der Waals surface area contributed by atoms with Crippen LogP contribution in [0.25, 0.3) is 16.7 Å². The summed E-state index contributed by atoms with van der Waals surface area (Å²) >= 11 is 0. The van der Waals surface area contributed by atoms with E-state index in [2.05, 4.69) is 51.7 Å². The predicted molar refractivity (Wildman–Crippen MR) is 145 cm³/mol. The maximum Gasteiger partial charge on any atom is 0.324 e. The van der Waals surface area contributed by atoms with Crippen molar-refractivity contribution in [1.29, 1.82) is 0 Å². The fourth-order valence-electron chi connectivity index (χ4n) is 3.76. The number of fused-ring (bicyclic) bond motifs is 1. The van der Waals surface area contributed by atoms with Gasteiger partial charge in [-0.3, -0.25) is 10.1 Å². The Morgan fingerprint density at radius 1 is 0.919 bits per heavy atom. The number of urea groups is 1. The summed E-state index contributed by atoms with van der Waals surface area (Å²) in [5, 5.41) is 14.0. The summed E-state index contributed by atoms with van der Waals surface area (Å²) in [5.41, 5.74) is 3.08. The van der Waals surface area contributed by atoms with E-state index >= 15 is 0 Å². The first kappa shape index (κ1) is 23.7. The van der Waals surface area contributed by atoms with Gasteiger partial charge in [-0.1, -0.05) is 39.0 Å². The molecule has 10 nitrogen and oxygen atoms in total. The van der Waals surface area contributed by atoms with E-state index in [-0.39, 0.29) is 10.8 Å². The molecule has 2 aromatic carbocycles. The van der Waals surface area contributed by atoms with E-state index in [1.165, 1.54) is 12.4 Å². The van der Waals surface area contributed by atoms with Gasteiger partial charge in [0.15, 0.2) is 5.43 Å². The largest absolute Gasteiger partial charge is 0.346 e. The van der Waals surface area contributed by atoms with Crippen LogP contribution in [-0.2, 0) is 5.41 Å². The summed E-state index contributed by atoms with van der Waals surface area (Å²) in [6, 6.07) is 19.6. The van der Waals surface area contributed by atoms with Gasteiger partial charge < -0.3 is 15.6 Å². The lowest BCUT2D eigenvalue weighted by atomic mass is 9.92. The minimum atomic E-state index is -0.397. The lowest BCUT2D eigenvalue weighted by molar-refractivity contribution is 0.262. The zero-order valence-corrected chi connectivity index (χ0v) is 20.6. The first-order valence-corrected chi connectivity index (χ1v) is 11.7. The van der Waals surface area contributed by atoms with E-state index in [0.29, 0.717) is 34.0 Å². The SMILES string of the molecule is CC(C)(C)c1cc(NC(=O)Nc2ccc(Nc3ncnc4[nH]ccc(=O)c34)cc2)n(-c2ccccc2)n1. The van der Waals surface area contributed by atoms with Crippen molar-refractivity contribution in [2.24, 2.45) is 0 Å². The molecular formula is C27H26N8O2. The van der Waals surface area contributed by atoms with Gasteiger partial charge in [-0.15, -0.1) is 0 Å². The zero-order valence-electron chi connectivity index (χ0n) is 20.6. The third kappa shape index (κ3) is 5.18. The molecule has 3 heterocycles. The van der Waals surface area contributed by atoms with Crippen molar-refractivity contribution < 1.29 is 4.79 Å². The van der Waals surface area contributed by atoms with E-state index in [0.717, 1.165) is 11.4 Å². The Balaban J connectivity index is 1.31. The van der Waals surface area contributed by atoms with Crippen LogP contribution in [0.5, 0.6) is 0 Å². The number of nitrogens with zero attached hydrogens (tertiary/aromatic N) is 4. The number of rotatable bonds is 5. The number of para-hydroxylation sites is 1. The monoisotopic (exact) mass is 494 g/mol. The molecule has 3 aromatic heterocycles. The minimum absolute atomic E-state index is 0.184. The average molecular weight is 495 g/mol. The van der Waals surface area contributed by atoms with Crippen LogP contribution in [-0.4, -0.2) is 30.8 Å². The summed E-state index contributed by atoms with van der Waals surface area (Å²) in [6.45, 7) is 6.22. The maximum atomic E-state index is 12.9. The van der Waals surface area contributed by atoms with Crippen molar-refractivity contribution in [2.45, 2.75) is 26.2 Å². The van der Waals surface area contributed by atoms with Crippen molar-refractivity contribution >= 4 is 40.1 Å². The third-order valence-electron chi connectivity index (χ3n) is 5.67. The molecule has 10 heteroatoms. The average Bonchev–Trinajstić information content (AvgIpc) is 3.30. The molecule has 0 aliphatic carbocycles. The lowest BCUT2D eigenvalue weighted by Gasteiger charge is -2.14. The normalized spacial score (nSPS) is 11.3. The number of carbonyl (C=O) groups is 1. The Kier molecular flexibility index (Phi) is 6.14. The number of hydrogen-bond acceptors (Lipinski definition) is 6. The fourth-order valence-corrected chi connectivity index (χ4v) is 3.76. The number of aromatic amines is 1. The molecule has 4 N–H and O–H groups in total. The molecule has 0 atom stereocenters. The molecule has 186 valence electrons. The van der Waals surface area contributed by atoms with Crippen LogP contribution in [0.3, 0.4) is 0 Å². The van der Waals surface area contributed by atoms with Gasteiger partial charge >= 0.3 is 6.03 Å². The van der Waals surface area contributed by atoms with Crippen molar-refractivity contribution in [2.75, 3.05) is 16.0 Å². The number of aromatic nitrogens is 5. The van der Waals surface area contributed by atoms with Crippen molar-refractivity contribution in [3.63, 3.8) is 0 Å². The number of anilines is 4. The summed E-state index contributed by atoms with van der Waals surface area (Å²) in [4.78, 5) is 36.4. The Morgan fingerprint density at radius 3 is 2.38 bits per heavy atom. The minimum Gasteiger partial charge on any atom is -0.346 e. The van der Waals surface area contributed by atoms with Crippen LogP contribution in [0.4, 0.5) is 27.8 Å². The van der Waals surface area contributed by atoms with Crippen LogP contribution < -0.4 is 21.4 Å². The Bertz CT molecular complexity index is 1610. The fraction of sp³-hybridized carbons (Fsp3) is 0.148. The molecule has 0 unspecified atom stereocenters. The topological polar surface area (TPSA) is 130 Å². The smallest absolute Gasteiger partial charge is 0.324 e. The molecule has 2 amide bonds. The molecule has 0 aliphatic heterocycles.